The van der Waals surface area contributed by atoms with E-state index in [-0.39, 0.29) is 18.1 Å². The van der Waals surface area contributed by atoms with Crippen molar-refractivity contribution in [2.24, 2.45) is 0 Å². The van der Waals surface area contributed by atoms with E-state index in [0.717, 1.165) is 0 Å². The number of nitrogens with zero attached hydrogens (tertiary/aromatic N) is 1. The smallest absolute Gasteiger partial charge is 0.227 e. The first kappa shape index (κ1) is 14.9. The number of ether oxygens (including phenoxy) is 1. The molecule has 5 heteroatoms. The zero-order valence-corrected chi connectivity index (χ0v) is 11.1. The zero-order chi connectivity index (χ0) is 13.4. The molecule has 0 saturated heterocycles. The van der Waals surface area contributed by atoms with Crippen molar-refractivity contribution < 1.29 is 13.9 Å². The summed E-state index contributed by atoms with van der Waals surface area (Å²) in [6.45, 7) is 1.36. The molecule has 0 fully saturated rings. The van der Waals surface area contributed by atoms with Gasteiger partial charge in [0.1, 0.15) is 5.82 Å². The second-order valence-electron chi connectivity index (χ2n) is 3.83. The summed E-state index contributed by atoms with van der Waals surface area (Å²) in [6, 6.07) is 6.28. The summed E-state index contributed by atoms with van der Waals surface area (Å²) in [6.07, 6.45) is 0.0489. The van der Waals surface area contributed by atoms with E-state index in [4.69, 9.17) is 16.3 Å². The molecule has 1 aromatic carbocycles. The minimum atomic E-state index is -0.358. The van der Waals surface area contributed by atoms with Gasteiger partial charge in [0.15, 0.2) is 0 Å². The van der Waals surface area contributed by atoms with Gasteiger partial charge in [-0.3, -0.25) is 4.79 Å². The second-order valence-corrected chi connectivity index (χ2v) is 4.21. The minimum absolute atomic E-state index is 0.0489. The summed E-state index contributed by atoms with van der Waals surface area (Å²) in [5, 5.41) is 0. The van der Waals surface area contributed by atoms with Crippen LogP contribution in [0, 0.1) is 5.82 Å². The van der Waals surface area contributed by atoms with Crippen LogP contribution in [0.4, 0.5) is 4.39 Å². The number of rotatable bonds is 7. The lowest BCUT2D eigenvalue weighted by Crippen LogP contribution is -2.36. The van der Waals surface area contributed by atoms with E-state index in [1.165, 1.54) is 6.07 Å². The first-order chi connectivity index (χ1) is 8.69. The second kappa shape index (κ2) is 8.06. The maximum atomic E-state index is 13.4. The monoisotopic (exact) mass is 273 g/mol. The molecule has 100 valence electrons. The van der Waals surface area contributed by atoms with Crippen LogP contribution in [0.3, 0.4) is 0 Å². The first-order valence-corrected chi connectivity index (χ1v) is 6.28. The van der Waals surface area contributed by atoms with Crippen molar-refractivity contribution >= 4 is 17.5 Å². The first-order valence-electron chi connectivity index (χ1n) is 5.75. The summed E-state index contributed by atoms with van der Waals surface area (Å²) >= 11 is 5.64. The Morgan fingerprint density at radius 1 is 1.39 bits per heavy atom. The van der Waals surface area contributed by atoms with Gasteiger partial charge in [-0.1, -0.05) is 18.2 Å². The maximum Gasteiger partial charge on any atom is 0.227 e. The summed E-state index contributed by atoms with van der Waals surface area (Å²) < 4.78 is 18.4. The predicted octanol–water partition coefficient (Wildman–Crippen LogP) is 2.08. The highest BCUT2D eigenvalue weighted by Gasteiger charge is 2.14. The number of carbonyl (C=O) groups is 1. The van der Waals surface area contributed by atoms with E-state index < -0.39 is 0 Å². The maximum absolute atomic E-state index is 13.4. The van der Waals surface area contributed by atoms with E-state index in [1.807, 2.05) is 0 Å². The average Bonchev–Trinajstić information content (AvgIpc) is 2.37. The molecule has 0 N–H and O–H groups in total. The average molecular weight is 274 g/mol. The molecule has 1 amide bonds. The third kappa shape index (κ3) is 4.63. The number of amides is 1. The molecule has 0 aromatic heterocycles. The molecule has 0 saturated carbocycles. The standard InChI is InChI=1S/C13H17ClFNO2/c1-18-9-8-16(7-6-14)13(17)10-11-4-2-3-5-12(11)15/h2-5H,6-10H2,1H3. The van der Waals surface area contributed by atoms with Gasteiger partial charge in [0.05, 0.1) is 13.0 Å². The number of halogens is 2. The highest BCUT2D eigenvalue weighted by atomic mass is 35.5. The molecule has 0 unspecified atom stereocenters. The number of carbonyl (C=O) groups excluding carboxylic acids is 1. The van der Waals surface area contributed by atoms with Gasteiger partial charge in [0, 0.05) is 26.1 Å². The molecular weight excluding hydrogens is 257 g/mol. The molecule has 0 aliphatic rings. The van der Waals surface area contributed by atoms with Gasteiger partial charge < -0.3 is 9.64 Å². The molecule has 0 bridgehead atoms. The van der Waals surface area contributed by atoms with Crippen LogP contribution in [0.5, 0.6) is 0 Å². The molecule has 3 nitrogen and oxygen atoms in total. The Labute approximate surface area is 111 Å². The van der Waals surface area contributed by atoms with E-state index >= 15 is 0 Å². The van der Waals surface area contributed by atoms with E-state index in [1.54, 1.807) is 30.2 Å². The van der Waals surface area contributed by atoms with Crippen LogP contribution in [0.1, 0.15) is 5.56 Å². The fourth-order valence-electron chi connectivity index (χ4n) is 1.58. The number of hydrogen-bond acceptors (Lipinski definition) is 2. The van der Waals surface area contributed by atoms with Crippen molar-refractivity contribution in [3.8, 4) is 0 Å². The molecule has 0 aliphatic carbocycles. The van der Waals surface area contributed by atoms with Crippen LogP contribution < -0.4 is 0 Å². The van der Waals surface area contributed by atoms with Crippen LogP contribution >= 0.6 is 11.6 Å². The van der Waals surface area contributed by atoms with Crippen molar-refractivity contribution in [2.45, 2.75) is 6.42 Å². The topological polar surface area (TPSA) is 29.5 Å². The van der Waals surface area contributed by atoms with Crippen molar-refractivity contribution in [1.29, 1.82) is 0 Å². The summed E-state index contributed by atoms with van der Waals surface area (Å²) in [5.41, 5.74) is 0.402. The Morgan fingerprint density at radius 2 is 2.11 bits per heavy atom. The minimum Gasteiger partial charge on any atom is -0.383 e. The van der Waals surface area contributed by atoms with Crippen LogP contribution in [0.25, 0.3) is 0 Å². The summed E-state index contributed by atoms with van der Waals surface area (Å²) in [5.74, 6) is -0.145. The lowest BCUT2D eigenvalue weighted by Gasteiger charge is -2.21. The Bertz CT molecular complexity index is 387. The fourth-order valence-corrected chi connectivity index (χ4v) is 1.79. The van der Waals surface area contributed by atoms with Gasteiger partial charge in [0.25, 0.3) is 0 Å². The quantitative estimate of drug-likeness (QED) is 0.712. The van der Waals surface area contributed by atoms with Crippen LogP contribution in [-0.2, 0) is 16.0 Å². The molecule has 0 aliphatic heterocycles. The van der Waals surface area contributed by atoms with Gasteiger partial charge >= 0.3 is 0 Å². The van der Waals surface area contributed by atoms with E-state index in [2.05, 4.69) is 0 Å². The largest absolute Gasteiger partial charge is 0.383 e. The predicted molar refractivity (Wildman–Crippen MR) is 69.3 cm³/mol. The van der Waals surface area contributed by atoms with Crippen LogP contribution in [0.2, 0.25) is 0 Å². The molecule has 0 spiro atoms. The van der Waals surface area contributed by atoms with Gasteiger partial charge in [-0.05, 0) is 11.6 Å². The van der Waals surface area contributed by atoms with Crippen molar-refractivity contribution in [1.82, 2.24) is 4.90 Å². The lowest BCUT2D eigenvalue weighted by atomic mass is 10.1. The molecule has 1 rings (SSSR count). The van der Waals surface area contributed by atoms with Crippen molar-refractivity contribution in [2.75, 3.05) is 32.7 Å². The van der Waals surface area contributed by atoms with Crippen LogP contribution in [-0.4, -0.2) is 43.5 Å². The van der Waals surface area contributed by atoms with Gasteiger partial charge in [0.2, 0.25) is 5.91 Å². The van der Waals surface area contributed by atoms with Crippen LogP contribution in [0.15, 0.2) is 24.3 Å². The molecule has 0 radical (unpaired) electrons. The van der Waals surface area contributed by atoms with Gasteiger partial charge in [-0.15, -0.1) is 11.6 Å². The Morgan fingerprint density at radius 3 is 2.72 bits per heavy atom. The number of alkyl halides is 1. The van der Waals surface area contributed by atoms with Gasteiger partial charge in [-0.2, -0.15) is 0 Å². The number of methoxy groups -OCH3 is 1. The molecule has 18 heavy (non-hydrogen) atoms. The van der Waals surface area contributed by atoms with Gasteiger partial charge in [-0.25, -0.2) is 4.39 Å². The molecule has 1 aromatic rings. The fraction of sp³-hybridized carbons (Fsp3) is 0.462. The Hall–Kier alpha value is -1.13. The third-order valence-electron chi connectivity index (χ3n) is 2.57. The van der Waals surface area contributed by atoms with E-state index in [0.29, 0.717) is 31.1 Å². The zero-order valence-electron chi connectivity index (χ0n) is 10.4. The lowest BCUT2D eigenvalue weighted by molar-refractivity contribution is -0.130. The Balaban J connectivity index is 2.63. The van der Waals surface area contributed by atoms with E-state index in [9.17, 15) is 9.18 Å². The highest BCUT2D eigenvalue weighted by molar-refractivity contribution is 6.18. The van der Waals surface area contributed by atoms with Crippen molar-refractivity contribution in [3.63, 3.8) is 0 Å². The molecule has 0 heterocycles. The summed E-state index contributed by atoms with van der Waals surface area (Å²) in [7, 11) is 1.57. The highest BCUT2D eigenvalue weighted by Crippen LogP contribution is 2.09. The van der Waals surface area contributed by atoms with Crippen molar-refractivity contribution in [3.05, 3.63) is 35.6 Å². The molecule has 0 atom stereocenters. The number of hydrogen-bond donors (Lipinski definition) is 0. The number of benzene rings is 1. The SMILES string of the molecule is COCCN(CCCl)C(=O)Cc1ccccc1F. The summed E-state index contributed by atoms with van der Waals surface area (Å²) in [4.78, 5) is 13.6. The Kier molecular flexibility index (Phi) is 6.68. The molecular formula is C13H17ClFNO2. The normalized spacial score (nSPS) is 10.4. The third-order valence-corrected chi connectivity index (χ3v) is 2.74.